The molecule has 5 N–H and O–H groups in total. The van der Waals surface area contributed by atoms with Crippen molar-refractivity contribution in [3.05, 3.63) is 30.0 Å². The lowest BCUT2D eigenvalue weighted by Gasteiger charge is -2.14. The smallest absolute Gasteiger partial charge is 0.254 e. The summed E-state index contributed by atoms with van der Waals surface area (Å²) in [5.74, 6) is 1.04. The average molecular weight is 428 g/mol. The van der Waals surface area contributed by atoms with Gasteiger partial charge in [0.2, 0.25) is 5.95 Å². The van der Waals surface area contributed by atoms with Crippen molar-refractivity contribution >= 4 is 29.0 Å². The Morgan fingerprint density at radius 2 is 2.23 bits per heavy atom. The summed E-state index contributed by atoms with van der Waals surface area (Å²) >= 11 is 0. The van der Waals surface area contributed by atoms with Gasteiger partial charge in [-0.05, 0) is 37.5 Å². The number of hydrogen-bond donors (Lipinski definition) is 4. The van der Waals surface area contributed by atoms with Gasteiger partial charge in [0.25, 0.3) is 5.91 Å². The Kier molecular flexibility index (Phi) is 6.68. The molecule has 0 bridgehead atoms. The van der Waals surface area contributed by atoms with Crippen LogP contribution in [-0.4, -0.2) is 61.5 Å². The fourth-order valence-corrected chi connectivity index (χ4v) is 3.18. The first-order valence-corrected chi connectivity index (χ1v) is 10.4. The molecule has 2 aromatic rings. The highest BCUT2D eigenvalue weighted by molar-refractivity contribution is 5.97. The highest BCUT2D eigenvalue weighted by Gasteiger charge is 2.24. The number of carbonyl (C=O) groups is 1. The fourth-order valence-electron chi connectivity index (χ4n) is 3.18. The summed E-state index contributed by atoms with van der Waals surface area (Å²) < 4.78 is 16.8. The Bertz CT molecular complexity index is 921. The van der Waals surface area contributed by atoms with Gasteiger partial charge in [-0.15, -0.1) is 0 Å². The molecule has 2 heterocycles. The van der Waals surface area contributed by atoms with Crippen molar-refractivity contribution in [1.82, 2.24) is 9.97 Å². The molecule has 0 radical (unpaired) electrons. The predicted molar refractivity (Wildman–Crippen MR) is 117 cm³/mol. The van der Waals surface area contributed by atoms with Crippen molar-refractivity contribution in [2.24, 2.45) is 5.73 Å². The Morgan fingerprint density at radius 3 is 3.00 bits per heavy atom. The largest absolute Gasteiger partial charge is 0.489 e. The monoisotopic (exact) mass is 428 g/mol. The second-order valence-electron chi connectivity index (χ2n) is 7.61. The third-order valence-corrected chi connectivity index (χ3v) is 5.00. The van der Waals surface area contributed by atoms with Gasteiger partial charge in [-0.3, -0.25) is 4.79 Å². The molecule has 4 rings (SSSR count). The SMILES string of the molecule is COCCCO[C@H]1CNc2cc(Nc3ncc(C(N)=O)c(NC4CC4)n3)ccc2OC1. The van der Waals surface area contributed by atoms with E-state index in [1.54, 1.807) is 7.11 Å². The maximum Gasteiger partial charge on any atom is 0.254 e. The normalized spacial score (nSPS) is 17.6. The predicted octanol–water partition coefficient (Wildman–Crippen LogP) is 2.12. The first kappa shape index (κ1) is 21.1. The number of nitrogens with zero attached hydrogens (tertiary/aromatic N) is 2. The second kappa shape index (κ2) is 9.80. The molecule has 0 spiro atoms. The van der Waals surface area contributed by atoms with E-state index >= 15 is 0 Å². The van der Waals surface area contributed by atoms with Crippen molar-refractivity contribution in [3.8, 4) is 5.75 Å². The number of nitrogens with two attached hydrogens (primary N) is 1. The van der Waals surface area contributed by atoms with Gasteiger partial charge in [0.15, 0.2) is 0 Å². The van der Waals surface area contributed by atoms with Gasteiger partial charge in [-0.25, -0.2) is 4.98 Å². The quantitative estimate of drug-likeness (QED) is 0.420. The molecule has 10 heteroatoms. The molecule has 2 aliphatic rings. The number of carbonyl (C=O) groups excluding carboxylic acids is 1. The Labute approximate surface area is 180 Å². The lowest BCUT2D eigenvalue weighted by atomic mass is 10.2. The van der Waals surface area contributed by atoms with E-state index in [2.05, 4.69) is 25.9 Å². The van der Waals surface area contributed by atoms with Crippen molar-refractivity contribution in [2.45, 2.75) is 31.4 Å². The highest BCUT2D eigenvalue weighted by Crippen LogP contribution is 2.31. The standard InChI is InChI=1S/C21H28N6O4/c1-29-7-2-8-30-15-10-23-17-9-14(5-6-18(17)31-12-15)26-21-24-11-16(19(22)28)20(27-21)25-13-3-4-13/h5-6,9,11,13,15,23H,2-4,7-8,10,12H2,1H3,(H2,22,28)(H2,24,25,26,27)/t15-/m0/s1. The van der Waals surface area contributed by atoms with E-state index in [9.17, 15) is 4.79 Å². The molecule has 1 aromatic heterocycles. The van der Waals surface area contributed by atoms with Crippen LogP contribution >= 0.6 is 0 Å². The number of fused-ring (bicyclic) bond motifs is 1. The highest BCUT2D eigenvalue weighted by atomic mass is 16.5. The maximum absolute atomic E-state index is 11.7. The first-order chi connectivity index (χ1) is 15.1. The summed E-state index contributed by atoms with van der Waals surface area (Å²) in [6.07, 6.45) is 4.36. The zero-order chi connectivity index (χ0) is 21.6. The molecule has 1 aromatic carbocycles. The minimum absolute atomic E-state index is 0.0404. The summed E-state index contributed by atoms with van der Waals surface area (Å²) in [7, 11) is 1.68. The van der Waals surface area contributed by atoms with Crippen molar-refractivity contribution in [1.29, 1.82) is 0 Å². The van der Waals surface area contributed by atoms with Crippen LogP contribution in [0.25, 0.3) is 0 Å². The fraction of sp³-hybridized carbons (Fsp3) is 0.476. The summed E-state index contributed by atoms with van der Waals surface area (Å²) in [5.41, 5.74) is 7.38. The van der Waals surface area contributed by atoms with E-state index < -0.39 is 5.91 Å². The van der Waals surface area contributed by atoms with Gasteiger partial charge >= 0.3 is 0 Å². The minimum atomic E-state index is -0.555. The van der Waals surface area contributed by atoms with Gasteiger partial charge in [0.1, 0.15) is 24.3 Å². The van der Waals surface area contributed by atoms with Gasteiger partial charge in [-0.1, -0.05) is 0 Å². The molecule has 31 heavy (non-hydrogen) atoms. The molecule has 1 aliphatic heterocycles. The van der Waals surface area contributed by atoms with Crippen LogP contribution in [0.2, 0.25) is 0 Å². The third kappa shape index (κ3) is 5.74. The zero-order valence-corrected chi connectivity index (χ0v) is 17.5. The van der Waals surface area contributed by atoms with E-state index in [1.165, 1.54) is 6.20 Å². The lowest BCUT2D eigenvalue weighted by Crippen LogP contribution is -2.28. The number of nitrogens with one attached hydrogen (secondary N) is 3. The Morgan fingerprint density at radius 1 is 1.35 bits per heavy atom. The number of primary amides is 1. The molecule has 1 fully saturated rings. The molecule has 0 unspecified atom stereocenters. The number of benzene rings is 1. The molecule has 1 atom stereocenters. The number of amides is 1. The molecule has 1 saturated carbocycles. The molecule has 0 saturated heterocycles. The topological polar surface area (TPSA) is 133 Å². The van der Waals surface area contributed by atoms with E-state index in [1.807, 2.05) is 18.2 Å². The molecular formula is C21H28N6O4. The Hall–Kier alpha value is -3.11. The summed E-state index contributed by atoms with van der Waals surface area (Å²) in [4.78, 5) is 20.3. The van der Waals surface area contributed by atoms with Crippen molar-refractivity contribution in [3.63, 3.8) is 0 Å². The zero-order valence-electron chi connectivity index (χ0n) is 17.5. The van der Waals surface area contributed by atoms with E-state index in [4.69, 9.17) is 19.9 Å². The molecule has 1 amide bonds. The van der Waals surface area contributed by atoms with Crippen LogP contribution in [0.1, 0.15) is 29.6 Å². The van der Waals surface area contributed by atoms with Crippen LogP contribution in [0, 0.1) is 0 Å². The van der Waals surface area contributed by atoms with Crippen LogP contribution in [0.5, 0.6) is 5.75 Å². The summed E-state index contributed by atoms with van der Waals surface area (Å²) in [6.45, 7) is 2.43. The van der Waals surface area contributed by atoms with Crippen molar-refractivity contribution in [2.75, 3.05) is 49.4 Å². The van der Waals surface area contributed by atoms with Crippen LogP contribution in [-0.2, 0) is 9.47 Å². The number of rotatable bonds is 10. The molecule has 166 valence electrons. The van der Waals surface area contributed by atoms with Crippen molar-refractivity contribution < 1.29 is 19.0 Å². The van der Waals surface area contributed by atoms with Gasteiger partial charge in [0.05, 0.1) is 11.3 Å². The average Bonchev–Trinajstić information content (AvgIpc) is 3.59. The number of anilines is 4. The van der Waals surface area contributed by atoms with Crippen LogP contribution in [0.3, 0.4) is 0 Å². The van der Waals surface area contributed by atoms with Crippen LogP contribution < -0.4 is 26.4 Å². The number of methoxy groups -OCH3 is 1. The molecule has 1 aliphatic carbocycles. The van der Waals surface area contributed by atoms with Crippen LogP contribution in [0.4, 0.5) is 23.1 Å². The van der Waals surface area contributed by atoms with Crippen LogP contribution in [0.15, 0.2) is 24.4 Å². The summed E-state index contributed by atoms with van der Waals surface area (Å²) in [6, 6.07) is 6.04. The minimum Gasteiger partial charge on any atom is -0.489 e. The first-order valence-electron chi connectivity index (χ1n) is 10.4. The lowest BCUT2D eigenvalue weighted by molar-refractivity contribution is 0.0214. The second-order valence-corrected chi connectivity index (χ2v) is 7.61. The third-order valence-electron chi connectivity index (χ3n) is 5.00. The van der Waals surface area contributed by atoms with Gasteiger partial charge in [-0.2, -0.15) is 4.98 Å². The number of hydrogen-bond acceptors (Lipinski definition) is 9. The molecule has 10 nitrogen and oxygen atoms in total. The number of aromatic nitrogens is 2. The van der Waals surface area contributed by atoms with E-state index in [0.717, 1.165) is 36.4 Å². The van der Waals surface area contributed by atoms with E-state index in [0.29, 0.717) is 44.2 Å². The van der Waals surface area contributed by atoms with Gasteiger partial charge < -0.3 is 35.9 Å². The summed E-state index contributed by atoms with van der Waals surface area (Å²) in [5, 5.41) is 9.79. The van der Waals surface area contributed by atoms with E-state index in [-0.39, 0.29) is 11.7 Å². The van der Waals surface area contributed by atoms with Gasteiger partial charge in [0, 0.05) is 44.8 Å². The number of ether oxygens (including phenoxy) is 3. The molecular weight excluding hydrogens is 400 g/mol. The Balaban J connectivity index is 1.41. The maximum atomic E-state index is 11.7.